The Hall–Kier alpha value is -0.120. The van der Waals surface area contributed by atoms with Crippen LogP contribution >= 0.6 is 0 Å². The molecular formula is C16H37N3. The normalized spacial score (nSPS) is 13.4. The Bertz CT molecular complexity index is 183. The van der Waals surface area contributed by atoms with Gasteiger partial charge in [-0.25, -0.2) is 0 Å². The molecule has 19 heavy (non-hydrogen) atoms. The molecule has 0 rings (SSSR count). The molecule has 0 saturated heterocycles. The maximum atomic E-state index is 3.64. The van der Waals surface area contributed by atoms with Gasteiger partial charge in [0.15, 0.2) is 0 Å². The predicted molar refractivity (Wildman–Crippen MR) is 86.9 cm³/mol. The molecule has 0 amide bonds. The summed E-state index contributed by atoms with van der Waals surface area (Å²) >= 11 is 0. The fraction of sp³-hybridized carbons (Fsp3) is 1.00. The zero-order chi connectivity index (χ0) is 14.5. The molecule has 116 valence electrons. The molecule has 0 aliphatic rings. The summed E-state index contributed by atoms with van der Waals surface area (Å²) < 4.78 is 0. The number of hydrogen-bond acceptors (Lipinski definition) is 3. The van der Waals surface area contributed by atoms with Crippen molar-refractivity contribution < 1.29 is 0 Å². The van der Waals surface area contributed by atoms with Gasteiger partial charge in [0.05, 0.1) is 0 Å². The van der Waals surface area contributed by atoms with Crippen LogP contribution in [0.15, 0.2) is 0 Å². The van der Waals surface area contributed by atoms with Crippen molar-refractivity contribution in [3.8, 4) is 0 Å². The summed E-state index contributed by atoms with van der Waals surface area (Å²) in [6.45, 7) is 12.9. The minimum Gasteiger partial charge on any atom is -0.314 e. The average Bonchev–Trinajstić information content (AvgIpc) is 2.40. The zero-order valence-electron chi connectivity index (χ0n) is 14.0. The summed E-state index contributed by atoms with van der Waals surface area (Å²) in [6.07, 6.45) is 6.42. The third-order valence-electron chi connectivity index (χ3n) is 3.73. The third-order valence-corrected chi connectivity index (χ3v) is 3.73. The third kappa shape index (κ3) is 11.4. The topological polar surface area (TPSA) is 18.5 Å². The Morgan fingerprint density at radius 3 is 2.16 bits per heavy atom. The first-order valence-corrected chi connectivity index (χ1v) is 8.24. The van der Waals surface area contributed by atoms with Crippen LogP contribution in [0.25, 0.3) is 0 Å². The van der Waals surface area contributed by atoms with E-state index in [1.807, 2.05) is 0 Å². The summed E-state index contributed by atoms with van der Waals surface area (Å²) in [4.78, 5) is 4.87. The first kappa shape index (κ1) is 18.9. The highest BCUT2D eigenvalue weighted by atomic mass is 15.1. The van der Waals surface area contributed by atoms with Gasteiger partial charge < -0.3 is 15.1 Å². The second-order valence-electron chi connectivity index (χ2n) is 5.79. The minimum atomic E-state index is 0.723. The van der Waals surface area contributed by atoms with Crippen molar-refractivity contribution >= 4 is 0 Å². The molecule has 1 N–H and O–H groups in total. The van der Waals surface area contributed by atoms with Crippen molar-refractivity contribution in [1.29, 1.82) is 0 Å². The molecule has 3 heteroatoms. The maximum Gasteiger partial charge on any atom is 0.00649 e. The molecule has 0 spiro atoms. The van der Waals surface area contributed by atoms with Crippen molar-refractivity contribution in [2.24, 2.45) is 0 Å². The molecule has 0 bridgehead atoms. The molecule has 0 aliphatic carbocycles. The van der Waals surface area contributed by atoms with Crippen LogP contribution in [0.4, 0.5) is 0 Å². The lowest BCUT2D eigenvalue weighted by Gasteiger charge is -2.23. The SMILES string of the molecule is CCCNC(CC)CCCN(CC)CCCN(C)C. The van der Waals surface area contributed by atoms with Crippen molar-refractivity contribution in [3.63, 3.8) is 0 Å². The van der Waals surface area contributed by atoms with Gasteiger partial charge in [-0.15, -0.1) is 0 Å². The molecule has 0 aromatic heterocycles. The summed E-state index contributed by atoms with van der Waals surface area (Å²) in [7, 11) is 4.31. The highest BCUT2D eigenvalue weighted by molar-refractivity contribution is 4.66. The molecule has 1 unspecified atom stereocenters. The summed E-state index contributed by atoms with van der Waals surface area (Å²) in [5.74, 6) is 0. The Kier molecular flexibility index (Phi) is 12.8. The van der Waals surface area contributed by atoms with E-state index in [9.17, 15) is 0 Å². The quantitative estimate of drug-likeness (QED) is 0.556. The summed E-state index contributed by atoms with van der Waals surface area (Å²) in [5.41, 5.74) is 0. The lowest BCUT2D eigenvalue weighted by Crippen LogP contribution is -2.32. The zero-order valence-corrected chi connectivity index (χ0v) is 14.0. The molecule has 0 saturated carbocycles. The highest BCUT2D eigenvalue weighted by Crippen LogP contribution is 2.04. The van der Waals surface area contributed by atoms with E-state index >= 15 is 0 Å². The second-order valence-corrected chi connectivity index (χ2v) is 5.79. The van der Waals surface area contributed by atoms with Gasteiger partial charge in [0.1, 0.15) is 0 Å². The van der Waals surface area contributed by atoms with Crippen molar-refractivity contribution in [2.45, 2.75) is 58.9 Å². The Morgan fingerprint density at radius 1 is 0.947 bits per heavy atom. The van der Waals surface area contributed by atoms with Crippen LogP contribution in [-0.2, 0) is 0 Å². The van der Waals surface area contributed by atoms with Crippen LogP contribution in [0.2, 0.25) is 0 Å². The first-order valence-electron chi connectivity index (χ1n) is 8.24. The standard InChI is InChI=1S/C16H37N3/c1-6-12-17-16(7-2)11-9-14-19(8-3)15-10-13-18(4)5/h16-17H,6-15H2,1-5H3. The number of nitrogens with zero attached hydrogens (tertiary/aromatic N) is 2. The van der Waals surface area contributed by atoms with Crippen molar-refractivity contribution in [1.82, 2.24) is 15.1 Å². The summed E-state index contributed by atoms with van der Waals surface area (Å²) in [5, 5.41) is 3.64. The number of hydrogen-bond donors (Lipinski definition) is 1. The van der Waals surface area contributed by atoms with Gasteiger partial charge in [0.25, 0.3) is 0 Å². The predicted octanol–water partition coefficient (Wildman–Crippen LogP) is 2.82. The van der Waals surface area contributed by atoms with E-state index in [1.54, 1.807) is 0 Å². The van der Waals surface area contributed by atoms with Gasteiger partial charge in [-0.05, 0) is 78.9 Å². The molecule has 0 radical (unpaired) electrons. The Labute approximate surface area is 121 Å². The molecule has 0 heterocycles. The van der Waals surface area contributed by atoms with Crippen LogP contribution in [-0.4, -0.2) is 62.7 Å². The van der Waals surface area contributed by atoms with Gasteiger partial charge in [-0.1, -0.05) is 20.8 Å². The molecule has 3 nitrogen and oxygen atoms in total. The monoisotopic (exact) mass is 271 g/mol. The van der Waals surface area contributed by atoms with Gasteiger partial charge in [-0.3, -0.25) is 0 Å². The maximum absolute atomic E-state index is 3.64. The van der Waals surface area contributed by atoms with E-state index in [-0.39, 0.29) is 0 Å². The van der Waals surface area contributed by atoms with Crippen molar-refractivity contribution in [3.05, 3.63) is 0 Å². The largest absolute Gasteiger partial charge is 0.314 e. The van der Waals surface area contributed by atoms with Crippen LogP contribution in [0.5, 0.6) is 0 Å². The van der Waals surface area contributed by atoms with Crippen LogP contribution in [0.1, 0.15) is 52.9 Å². The van der Waals surface area contributed by atoms with Gasteiger partial charge in [0.2, 0.25) is 0 Å². The number of nitrogens with one attached hydrogen (secondary N) is 1. The van der Waals surface area contributed by atoms with E-state index < -0.39 is 0 Å². The van der Waals surface area contributed by atoms with E-state index in [4.69, 9.17) is 0 Å². The molecule has 0 fully saturated rings. The highest BCUT2D eigenvalue weighted by Gasteiger charge is 2.07. The van der Waals surface area contributed by atoms with Gasteiger partial charge in [-0.2, -0.15) is 0 Å². The van der Waals surface area contributed by atoms with Crippen LogP contribution in [0.3, 0.4) is 0 Å². The fourth-order valence-corrected chi connectivity index (χ4v) is 2.40. The second kappa shape index (κ2) is 12.9. The lowest BCUT2D eigenvalue weighted by atomic mass is 10.1. The minimum absolute atomic E-state index is 0.723. The molecule has 1 atom stereocenters. The molecular weight excluding hydrogens is 234 g/mol. The van der Waals surface area contributed by atoms with Crippen LogP contribution < -0.4 is 5.32 Å². The fourth-order valence-electron chi connectivity index (χ4n) is 2.40. The van der Waals surface area contributed by atoms with Crippen LogP contribution in [0, 0.1) is 0 Å². The van der Waals surface area contributed by atoms with Crippen molar-refractivity contribution in [2.75, 3.05) is 46.8 Å². The number of rotatable bonds is 13. The van der Waals surface area contributed by atoms with E-state index in [0.717, 1.165) is 6.04 Å². The van der Waals surface area contributed by atoms with Gasteiger partial charge >= 0.3 is 0 Å². The van der Waals surface area contributed by atoms with E-state index in [0.29, 0.717) is 0 Å². The first-order chi connectivity index (χ1) is 9.13. The lowest BCUT2D eigenvalue weighted by molar-refractivity contribution is 0.256. The molecule has 0 aromatic carbocycles. The molecule has 0 aliphatic heterocycles. The van der Waals surface area contributed by atoms with E-state index in [2.05, 4.69) is 50.0 Å². The van der Waals surface area contributed by atoms with E-state index in [1.165, 1.54) is 64.8 Å². The van der Waals surface area contributed by atoms with Gasteiger partial charge in [0, 0.05) is 6.04 Å². The average molecular weight is 271 g/mol. The Morgan fingerprint density at radius 2 is 1.63 bits per heavy atom. The smallest absolute Gasteiger partial charge is 0.00649 e. The Balaban J connectivity index is 3.68. The molecule has 0 aromatic rings. The summed E-state index contributed by atoms with van der Waals surface area (Å²) in [6, 6.07) is 0.723.